The molecule has 1 N–H and O–H groups in total. The van der Waals surface area contributed by atoms with Gasteiger partial charge < -0.3 is 9.67 Å². The van der Waals surface area contributed by atoms with Gasteiger partial charge in [-0.2, -0.15) is 0 Å². The van der Waals surface area contributed by atoms with Gasteiger partial charge in [-0.1, -0.05) is 13.3 Å². The Morgan fingerprint density at radius 3 is 3.12 bits per heavy atom. The zero-order valence-electron chi connectivity index (χ0n) is 9.46. The van der Waals surface area contributed by atoms with Crippen LogP contribution in [-0.4, -0.2) is 25.8 Å². The first kappa shape index (κ1) is 11.1. The Labute approximate surface area is 94.5 Å². The van der Waals surface area contributed by atoms with Crippen LogP contribution in [-0.2, 0) is 11.3 Å². The molecule has 2 atom stereocenters. The van der Waals surface area contributed by atoms with Gasteiger partial charge in [0.1, 0.15) is 12.2 Å². The van der Waals surface area contributed by atoms with Crippen molar-refractivity contribution >= 4 is 5.97 Å². The standard InChI is InChI=1S/C11H17N3O2/c1-2-6-14-7-12-13-10(14)8-4-3-5-9(8)11(15)16/h7-9H,2-6H2,1H3,(H,15,16). The lowest BCUT2D eigenvalue weighted by atomic mass is 9.95. The molecule has 0 aromatic carbocycles. The number of aromatic nitrogens is 3. The van der Waals surface area contributed by atoms with Crippen LogP contribution in [0, 0.1) is 5.92 Å². The average Bonchev–Trinajstić information content (AvgIpc) is 2.83. The van der Waals surface area contributed by atoms with Crippen molar-refractivity contribution in [1.29, 1.82) is 0 Å². The number of nitrogens with zero attached hydrogens (tertiary/aromatic N) is 3. The van der Waals surface area contributed by atoms with E-state index in [-0.39, 0.29) is 11.8 Å². The average molecular weight is 223 g/mol. The van der Waals surface area contributed by atoms with Crippen molar-refractivity contribution in [3.63, 3.8) is 0 Å². The Morgan fingerprint density at radius 2 is 2.44 bits per heavy atom. The second-order valence-corrected chi connectivity index (χ2v) is 4.36. The van der Waals surface area contributed by atoms with E-state index in [2.05, 4.69) is 17.1 Å². The molecular formula is C11H17N3O2. The molecular weight excluding hydrogens is 206 g/mol. The number of aliphatic carboxylic acids is 1. The zero-order valence-corrected chi connectivity index (χ0v) is 9.46. The summed E-state index contributed by atoms with van der Waals surface area (Å²) >= 11 is 0. The van der Waals surface area contributed by atoms with Crippen LogP contribution in [0.15, 0.2) is 6.33 Å². The van der Waals surface area contributed by atoms with Crippen LogP contribution >= 0.6 is 0 Å². The molecule has 1 fully saturated rings. The van der Waals surface area contributed by atoms with Crippen LogP contribution in [0.25, 0.3) is 0 Å². The smallest absolute Gasteiger partial charge is 0.307 e. The molecule has 0 bridgehead atoms. The van der Waals surface area contributed by atoms with Gasteiger partial charge in [-0.25, -0.2) is 0 Å². The third-order valence-corrected chi connectivity index (χ3v) is 3.27. The third kappa shape index (κ3) is 1.94. The van der Waals surface area contributed by atoms with E-state index in [1.807, 2.05) is 4.57 Å². The van der Waals surface area contributed by atoms with Crippen molar-refractivity contribution in [3.05, 3.63) is 12.2 Å². The molecule has 2 rings (SSSR count). The van der Waals surface area contributed by atoms with Gasteiger partial charge >= 0.3 is 5.97 Å². The quantitative estimate of drug-likeness (QED) is 0.842. The molecule has 0 amide bonds. The molecule has 1 aromatic heterocycles. The maximum Gasteiger partial charge on any atom is 0.307 e. The SMILES string of the molecule is CCCn1cnnc1C1CCCC1C(=O)O. The summed E-state index contributed by atoms with van der Waals surface area (Å²) in [5.41, 5.74) is 0. The molecule has 1 saturated carbocycles. The first-order valence-electron chi connectivity index (χ1n) is 5.84. The predicted octanol–water partition coefficient (Wildman–Crippen LogP) is 1.66. The van der Waals surface area contributed by atoms with E-state index in [4.69, 9.17) is 5.11 Å². The molecule has 5 heteroatoms. The Bertz CT molecular complexity index is 375. The van der Waals surface area contributed by atoms with E-state index in [1.165, 1.54) is 0 Å². The second kappa shape index (κ2) is 4.63. The Balaban J connectivity index is 2.22. The van der Waals surface area contributed by atoms with E-state index in [9.17, 15) is 4.79 Å². The second-order valence-electron chi connectivity index (χ2n) is 4.36. The minimum absolute atomic E-state index is 0.0477. The number of carbonyl (C=O) groups is 1. The van der Waals surface area contributed by atoms with Crippen molar-refractivity contribution in [2.75, 3.05) is 0 Å². The summed E-state index contributed by atoms with van der Waals surface area (Å²) in [6.45, 7) is 2.96. The largest absolute Gasteiger partial charge is 0.481 e. The molecule has 0 radical (unpaired) electrons. The van der Waals surface area contributed by atoms with Gasteiger partial charge in [-0.15, -0.1) is 10.2 Å². The number of carboxylic acid groups (broad SMARTS) is 1. The van der Waals surface area contributed by atoms with Crippen LogP contribution in [0.2, 0.25) is 0 Å². The van der Waals surface area contributed by atoms with Gasteiger partial charge in [0.25, 0.3) is 0 Å². The topological polar surface area (TPSA) is 68.0 Å². The highest BCUT2D eigenvalue weighted by atomic mass is 16.4. The molecule has 16 heavy (non-hydrogen) atoms. The molecule has 88 valence electrons. The zero-order chi connectivity index (χ0) is 11.5. The van der Waals surface area contributed by atoms with Crippen molar-refractivity contribution in [2.45, 2.75) is 45.1 Å². The van der Waals surface area contributed by atoms with Gasteiger partial charge in [-0.3, -0.25) is 4.79 Å². The van der Waals surface area contributed by atoms with Crippen LogP contribution in [0.5, 0.6) is 0 Å². The predicted molar refractivity (Wildman–Crippen MR) is 58.0 cm³/mol. The maximum absolute atomic E-state index is 11.1. The summed E-state index contributed by atoms with van der Waals surface area (Å²) in [7, 11) is 0. The normalized spacial score (nSPS) is 24.8. The van der Waals surface area contributed by atoms with Crippen LogP contribution in [0.1, 0.15) is 44.3 Å². The molecule has 1 aliphatic carbocycles. The van der Waals surface area contributed by atoms with Gasteiger partial charge in [0.15, 0.2) is 0 Å². The highest BCUT2D eigenvalue weighted by molar-refractivity contribution is 5.71. The number of aryl methyl sites for hydroxylation is 1. The number of carboxylic acids is 1. The van der Waals surface area contributed by atoms with Gasteiger partial charge in [-0.05, 0) is 19.3 Å². The van der Waals surface area contributed by atoms with Crippen LogP contribution in [0.3, 0.4) is 0 Å². The maximum atomic E-state index is 11.1. The minimum atomic E-state index is -0.700. The van der Waals surface area contributed by atoms with E-state index in [0.29, 0.717) is 0 Å². The Hall–Kier alpha value is -1.39. The van der Waals surface area contributed by atoms with Crippen molar-refractivity contribution in [3.8, 4) is 0 Å². The van der Waals surface area contributed by atoms with Crippen molar-refractivity contribution in [1.82, 2.24) is 14.8 Å². The minimum Gasteiger partial charge on any atom is -0.481 e. The lowest BCUT2D eigenvalue weighted by Gasteiger charge is -2.15. The fraction of sp³-hybridized carbons (Fsp3) is 0.727. The molecule has 1 aromatic rings. The summed E-state index contributed by atoms with van der Waals surface area (Å²) in [6, 6.07) is 0. The Morgan fingerprint density at radius 1 is 1.62 bits per heavy atom. The number of hydrogen-bond donors (Lipinski definition) is 1. The van der Waals surface area contributed by atoms with Gasteiger partial charge in [0, 0.05) is 12.5 Å². The lowest BCUT2D eigenvalue weighted by molar-refractivity contribution is -0.142. The summed E-state index contributed by atoms with van der Waals surface area (Å²) < 4.78 is 1.99. The highest BCUT2D eigenvalue weighted by Gasteiger charge is 2.36. The first-order valence-corrected chi connectivity index (χ1v) is 5.84. The highest BCUT2D eigenvalue weighted by Crippen LogP contribution is 2.38. The fourth-order valence-electron chi connectivity index (χ4n) is 2.53. The summed E-state index contributed by atoms with van der Waals surface area (Å²) in [5.74, 6) is -0.0772. The molecule has 0 aliphatic heterocycles. The number of rotatable bonds is 4. The molecule has 1 heterocycles. The van der Waals surface area contributed by atoms with E-state index in [0.717, 1.165) is 38.1 Å². The molecule has 0 saturated heterocycles. The lowest BCUT2D eigenvalue weighted by Crippen LogP contribution is -2.20. The summed E-state index contributed by atoms with van der Waals surface area (Å²) in [5, 5.41) is 17.1. The molecule has 5 nitrogen and oxygen atoms in total. The number of hydrogen-bond acceptors (Lipinski definition) is 3. The molecule has 2 unspecified atom stereocenters. The fourth-order valence-corrected chi connectivity index (χ4v) is 2.53. The van der Waals surface area contributed by atoms with Crippen LogP contribution in [0.4, 0.5) is 0 Å². The van der Waals surface area contributed by atoms with Crippen molar-refractivity contribution < 1.29 is 9.90 Å². The summed E-state index contributed by atoms with van der Waals surface area (Å²) in [6.07, 6.45) is 5.37. The first-order chi connectivity index (χ1) is 7.74. The van der Waals surface area contributed by atoms with E-state index < -0.39 is 5.97 Å². The molecule has 1 aliphatic rings. The van der Waals surface area contributed by atoms with Gasteiger partial charge in [0.05, 0.1) is 5.92 Å². The van der Waals surface area contributed by atoms with Crippen LogP contribution < -0.4 is 0 Å². The molecule has 0 spiro atoms. The van der Waals surface area contributed by atoms with E-state index >= 15 is 0 Å². The monoisotopic (exact) mass is 223 g/mol. The summed E-state index contributed by atoms with van der Waals surface area (Å²) in [4.78, 5) is 11.1. The Kier molecular flexibility index (Phi) is 3.22. The van der Waals surface area contributed by atoms with Crippen molar-refractivity contribution in [2.24, 2.45) is 5.92 Å². The van der Waals surface area contributed by atoms with Gasteiger partial charge in [0.2, 0.25) is 0 Å². The third-order valence-electron chi connectivity index (χ3n) is 3.27. The van der Waals surface area contributed by atoms with E-state index in [1.54, 1.807) is 6.33 Å².